The fraction of sp³-hybridized carbons (Fsp3) is 0.562. The molecule has 0 aromatic heterocycles. The highest BCUT2D eigenvalue weighted by atomic mass is 35.5. The molecule has 0 amide bonds. The van der Waals surface area contributed by atoms with Crippen LogP contribution in [0.4, 0.5) is 8.78 Å². The number of hydrogen-bond acceptors (Lipinski definition) is 2. The van der Waals surface area contributed by atoms with Crippen molar-refractivity contribution in [1.29, 1.82) is 0 Å². The molecule has 0 bridgehead atoms. The summed E-state index contributed by atoms with van der Waals surface area (Å²) in [5, 5.41) is 9.11. The first-order chi connectivity index (χ1) is 17.5. The van der Waals surface area contributed by atoms with Gasteiger partial charge < -0.3 is 5.11 Å². The van der Waals surface area contributed by atoms with Gasteiger partial charge in [-0.15, -0.1) is 0 Å². The fourth-order valence-electron chi connectivity index (χ4n) is 6.17. The molecule has 0 saturated heterocycles. The van der Waals surface area contributed by atoms with Gasteiger partial charge in [0, 0.05) is 0 Å². The minimum Gasteiger partial charge on any atom is -0.481 e. The summed E-state index contributed by atoms with van der Waals surface area (Å²) >= 11 is 5.76. The SMILES string of the molecule is CC(C)c1cc(F)cc2c1C(C(=O)Cl)CCC2(C)C.CC(C)c1cc(F)cc2c1C(C(=O)O)CCC2(C)C. The first-order valence-electron chi connectivity index (χ1n) is 13.6. The van der Waals surface area contributed by atoms with Crippen molar-refractivity contribution in [2.45, 2.75) is 116 Å². The number of carbonyl (C=O) groups is 2. The Hall–Kier alpha value is -2.27. The lowest BCUT2D eigenvalue weighted by Crippen LogP contribution is -2.31. The van der Waals surface area contributed by atoms with E-state index >= 15 is 0 Å². The third-order valence-corrected chi connectivity index (χ3v) is 8.70. The zero-order valence-corrected chi connectivity index (χ0v) is 24.6. The maximum Gasteiger partial charge on any atom is 0.310 e. The molecule has 2 aromatic rings. The van der Waals surface area contributed by atoms with Crippen LogP contribution in [-0.2, 0) is 20.4 Å². The van der Waals surface area contributed by atoms with Gasteiger partial charge in [-0.1, -0.05) is 55.4 Å². The number of hydrogen-bond donors (Lipinski definition) is 1. The summed E-state index contributed by atoms with van der Waals surface area (Å²) in [4.78, 5) is 23.2. The zero-order chi connectivity index (χ0) is 28.7. The fourth-order valence-corrected chi connectivity index (χ4v) is 6.39. The number of benzene rings is 2. The number of rotatable bonds is 4. The van der Waals surface area contributed by atoms with Crippen molar-refractivity contribution in [3.05, 3.63) is 69.3 Å². The molecule has 0 heterocycles. The van der Waals surface area contributed by atoms with Crippen molar-refractivity contribution < 1.29 is 23.5 Å². The van der Waals surface area contributed by atoms with Crippen LogP contribution in [0, 0.1) is 11.6 Å². The third-order valence-electron chi connectivity index (χ3n) is 8.44. The van der Waals surface area contributed by atoms with Crippen LogP contribution in [0.2, 0.25) is 0 Å². The van der Waals surface area contributed by atoms with Crippen molar-refractivity contribution in [1.82, 2.24) is 0 Å². The van der Waals surface area contributed by atoms with E-state index < -0.39 is 11.9 Å². The molecule has 6 heteroatoms. The number of halogens is 3. The normalized spacial score (nSPS) is 21.3. The minimum atomic E-state index is -0.801. The smallest absolute Gasteiger partial charge is 0.310 e. The van der Waals surface area contributed by atoms with E-state index in [0.717, 1.165) is 52.6 Å². The van der Waals surface area contributed by atoms with Gasteiger partial charge in [-0.3, -0.25) is 9.59 Å². The molecule has 4 rings (SSSR count). The standard InChI is InChI=1S/C16H20ClFO.C16H21FO2/c1-9(2)12-7-10(18)8-13-14(12)11(15(17)19)5-6-16(13,3)4;1-9(2)12-7-10(17)8-13-14(12)11(15(18)19)5-6-16(13,3)4/h7-9,11H,5-6H2,1-4H3;7-9,11H,5-6H2,1-4H3,(H,18,19). The maximum absolute atomic E-state index is 13.9. The van der Waals surface area contributed by atoms with E-state index in [2.05, 4.69) is 27.7 Å². The van der Waals surface area contributed by atoms with Crippen LogP contribution in [0.1, 0.15) is 138 Å². The van der Waals surface area contributed by atoms with Crippen LogP contribution < -0.4 is 0 Å². The topological polar surface area (TPSA) is 54.4 Å². The second-order valence-electron chi connectivity index (χ2n) is 12.8. The largest absolute Gasteiger partial charge is 0.481 e. The maximum atomic E-state index is 13.9. The molecular formula is C32H41ClF2O3. The van der Waals surface area contributed by atoms with Gasteiger partial charge in [0.1, 0.15) is 11.6 Å². The van der Waals surface area contributed by atoms with Gasteiger partial charge in [-0.2, -0.15) is 0 Å². The van der Waals surface area contributed by atoms with Crippen molar-refractivity contribution in [3.8, 4) is 0 Å². The van der Waals surface area contributed by atoms with Crippen molar-refractivity contribution in [2.75, 3.05) is 0 Å². The molecule has 0 saturated carbocycles. The molecule has 2 aliphatic carbocycles. The lowest BCUT2D eigenvalue weighted by atomic mass is 9.66. The van der Waals surface area contributed by atoms with Crippen molar-refractivity contribution in [3.63, 3.8) is 0 Å². The van der Waals surface area contributed by atoms with Crippen LogP contribution in [0.5, 0.6) is 0 Å². The highest BCUT2D eigenvalue weighted by Gasteiger charge is 2.39. The molecule has 2 aliphatic rings. The Balaban J connectivity index is 0.000000211. The Bertz CT molecular complexity index is 1130. The lowest BCUT2D eigenvalue weighted by molar-refractivity contribution is -0.139. The van der Waals surface area contributed by atoms with Gasteiger partial charge in [0.15, 0.2) is 0 Å². The molecule has 2 unspecified atom stereocenters. The summed E-state index contributed by atoms with van der Waals surface area (Å²) < 4.78 is 27.7. The first-order valence-corrected chi connectivity index (χ1v) is 14.0. The Morgan fingerprint density at radius 3 is 1.50 bits per heavy atom. The molecule has 208 valence electrons. The van der Waals surface area contributed by atoms with E-state index in [1.807, 2.05) is 27.7 Å². The van der Waals surface area contributed by atoms with Crippen molar-refractivity contribution >= 4 is 22.8 Å². The van der Waals surface area contributed by atoms with E-state index in [1.54, 1.807) is 12.1 Å². The molecule has 0 aliphatic heterocycles. The second-order valence-corrected chi connectivity index (χ2v) is 13.2. The van der Waals surface area contributed by atoms with E-state index in [4.69, 9.17) is 11.6 Å². The molecule has 38 heavy (non-hydrogen) atoms. The van der Waals surface area contributed by atoms with Crippen LogP contribution in [0.25, 0.3) is 0 Å². The second kappa shape index (κ2) is 11.1. The predicted molar refractivity (Wildman–Crippen MR) is 149 cm³/mol. The van der Waals surface area contributed by atoms with Crippen molar-refractivity contribution in [2.24, 2.45) is 0 Å². The van der Waals surface area contributed by atoms with E-state index in [0.29, 0.717) is 6.42 Å². The first kappa shape index (κ1) is 30.3. The highest BCUT2D eigenvalue weighted by Crippen LogP contribution is 2.47. The Kier molecular flexibility index (Phi) is 8.82. The zero-order valence-electron chi connectivity index (χ0n) is 23.8. The minimum absolute atomic E-state index is 0.107. The average Bonchev–Trinajstić information content (AvgIpc) is 2.78. The van der Waals surface area contributed by atoms with E-state index in [1.165, 1.54) is 12.1 Å². The summed E-state index contributed by atoms with van der Waals surface area (Å²) in [5.41, 5.74) is 5.12. The predicted octanol–water partition coefficient (Wildman–Crippen LogP) is 9.06. The third kappa shape index (κ3) is 5.98. The molecule has 3 nitrogen and oxygen atoms in total. The summed E-state index contributed by atoms with van der Waals surface area (Å²) in [5.74, 6) is -1.77. The molecule has 0 radical (unpaired) electrons. The number of carboxylic acid groups (broad SMARTS) is 1. The Morgan fingerprint density at radius 2 is 1.16 bits per heavy atom. The van der Waals surface area contributed by atoms with Crippen LogP contribution in [-0.4, -0.2) is 16.3 Å². The summed E-state index contributed by atoms with van der Waals surface area (Å²) in [6.07, 6.45) is 3.00. The molecule has 0 fully saturated rings. The summed E-state index contributed by atoms with van der Waals surface area (Å²) in [6.45, 7) is 16.3. The van der Waals surface area contributed by atoms with Gasteiger partial charge in [0.25, 0.3) is 0 Å². The molecule has 1 N–H and O–H groups in total. The molecular weight excluding hydrogens is 506 g/mol. The number of carbonyl (C=O) groups excluding carboxylic acids is 1. The molecule has 2 atom stereocenters. The monoisotopic (exact) mass is 546 g/mol. The Labute approximate surface area is 231 Å². The quantitative estimate of drug-likeness (QED) is 0.389. The van der Waals surface area contributed by atoms with Crippen LogP contribution in [0.15, 0.2) is 24.3 Å². The average molecular weight is 547 g/mol. The summed E-state index contributed by atoms with van der Waals surface area (Å²) in [7, 11) is 0. The number of fused-ring (bicyclic) bond motifs is 2. The van der Waals surface area contributed by atoms with Crippen LogP contribution in [0.3, 0.4) is 0 Å². The van der Waals surface area contributed by atoms with Gasteiger partial charge in [0.05, 0.1) is 11.8 Å². The molecule has 2 aromatic carbocycles. The molecule has 0 spiro atoms. The van der Waals surface area contributed by atoms with E-state index in [-0.39, 0.29) is 45.5 Å². The van der Waals surface area contributed by atoms with Gasteiger partial charge in [0.2, 0.25) is 5.24 Å². The highest BCUT2D eigenvalue weighted by molar-refractivity contribution is 6.64. The van der Waals surface area contributed by atoms with Gasteiger partial charge in [-0.05, 0) is 118 Å². The van der Waals surface area contributed by atoms with E-state index in [9.17, 15) is 23.5 Å². The van der Waals surface area contributed by atoms with Crippen LogP contribution >= 0.6 is 11.6 Å². The van der Waals surface area contributed by atoms with Gasteiger partial charge >= 0.3 is 5.97 Å². The number of carboxylic acids is 1. The number of aliphatic carboxylic acids is 1. The van der Waals surface area contributed by atoms with Gasteiger partial charge in [-0.25, -0.2) is 8.78 Å². The Morgan fingerprint density at radius 1 is 0.789 bits per heavy atom. The lowest BCUT2D eigenvalue weighted by Gasteiger charge is -2.38. The summed E-state index contributed by atoms with van der Waals surface area (Å²) in [6, 6.07) is 6.15.